The first kappa shape index (κ1) is 42.1. The van der Waals surface area contributed by atoms with Crippen molar-refractivity contribution in [3.05, 3.63) is 64.7 Å². The topological polar surface area (TPSA) is 156 Å². The highest BCUT2D eigenvalue weighted by molar-refractivity contribution is 7.90. The van der Waals surface area contributed by atoms with Gasteiger partial charge in [-0.15, -0.1) is 4.83 Å². The molecule has 3 N–H and O–H groups in total. The van der Waals surface area contributed by atoms with E-state index in [1.807, 2.05) is 20.8 Å². The number of benzene rings is 2. The molecule has 0 heterocycles. The minimum atomic E-state index is -4.11. The van der Waals surface area contributed by atoms with Gasteiger partial charge in [0, 0.05) is 57.5 Å². The number of aliphatic hydroxyl groups excluding tert-OH is 1. The third kappa shape index (κ3) is 12.4. The Morgan fingerprint density at radius 3 is 1.92 bits per heavy atom. The van der Waals surface area contributed by atoms with Gasteiger partial charge in [-0.05, 0) is 75.4 Å². The summed E-state index contributed by atoms with van der Waals surface area (Å²) in [4.78, 5) is 31.2. The molecular formula is C33H51F2N5O7S2. The van der Waals surface area contributed by atoms with Crippen molar-refractivity contribution in [1.29, 1.82) is 0 Å². The van der Waals surface area contributed by atoms with Gasteiger partial charge in [-0.2, -0.15) is 0 Å². The second-order valence-electron chi connectivity index (χ2n) is 12.4. The van der Waals surface area contributed by atoms with E-state index in [1.165, 1.54) is 45.1 Å². The molecule has 0 bridgehead atoms. The Hall–Kier alpha value is -3.02. The molecule has 0 aliphatic rings. The van der Waals surface area contributed by atoms with Crippen LogP contribution in [0.5, 0.6) is 0 Å². The number of halogens is 2. The van der Waals surface area contributed by atoms with Crippen LogP contribution in [0.2, 0.25) is 0 Å². The summed E-state index contributed by atoms with van der Waals surface area (Å²) in [6, 6.07) is 5.11. The highest BCUT2D eigenvalue weighted by Gasteiger charge is 2.29. The van der Waals surface area contributed by atoms with E-state index in [4.69, 9.17) is 0 Å². The summed E-state index contributed by atoms with van der Waals surface area (Å²) in [5.74, 6) is -3.09. The van der Waals surface area contributed by atoms with Gasteiger partial charge in [0.25, 0.3) is 11.8 Å². The number of carbonyl (C=O) groups excluding carboxylic acids is 2. The first-order valence-corrected chi connectivity index (χ1v) is 19.4. The Labute approximate surface area is 289 Å². The summed E-state index contributed by atoms with van der Waals surface area (Å²) in [6.07, 6.45) is 0.815. The van der Waals surface area contributed by atoms with Crippen molar-refractivity contribution in [2.24, 2.45) is 0 Å². The summed E-state index contributed by atoms with van der Waals surface area (Å²) in [5, 5.41) is 14.6. The predicted octanol–water partition coefficient (Wildman–Crippen LogP) is 3.52. The van der Waals surface area contributed by atoms with Crippen molar-refractivity contribution in [3.63, 3.8) is 0 Å². The summed E-state index contributed by atoms with van der Waals surface area (Å²) in [7, 11) is -5.30. The molecule has 49 heavy (non-hydrogen) atoms. The molecule has 276 valence electrons. The Kier molecular flexibility index (Phi) is 16.2. The number of nitrogens with one attached hydrogen (secondary N) is 2. The fourth-order valence-electron chi connectivity index (χ4n) is 4.93. The number of hydrazine groups is 1. The molecule has 0 saturated carbocycles. The van der Waals surface area contributed by atoms with E-state index < -0.39 is 60.9 Å². The minimum absolute atomic E-state index is 0.0342. The van der Waals surface area contributed by atoms with Crippen molar-refractivity contribution in [2.45, 2.75) is 89.0 Å². The zero-order valence-electron chi connectivity index (χ0n) is 29.4. The van der Waals surface area contributed by atoms with Gasteiger partial charge in [-0.25, -0.2) is 34.9 Å². The van der Waals surface area contributed by atoms with Crippen LogP contribution in [0.15, 0.2) is 41.3 Å². The molecule has 0 radical (unpaired) electrons. The van der Waals surface area contributed by atoms with Crippen LogP contribution < -0.4 is 10.1 Å². The predicted molar refractivity (Wildman–Crippen MR) is 185 cm³/mol. The molecule has 2 aromatic carbocycles. The van der Waals surface area contributed by atoms with Gasteiger partial charge in [0.2, 0.25) is 20.0 Å². The van der Waals surface area contributed by atoms with Crippen LogP contribution >= 0.6 is 0 Å². The van der Waals surface area contributed by atoms with E-state index in [0.717, 1.165) is 22.5 Å². The molecule has 0 spiro atoms. The van der Waals surface area contributed by atoms with Gasteiger partial charge in [-0.1, -0.05) is 27.2 Å². The van der Waals surface area contributed by atoms with Crippen LogP contribution in [-0.2, 0) is 26.5 Å². The molecule has 0 aliphatic heterocycles. The summed E-state index contributed by atoms with van der Waals surface area (Å²) in [6.45, 7) is 9.41. The van der Waals surface area contributed by atoms with Crippen LogP contribution in [-0.4, -0.2) is 106 Å². The maximum Gasteiger partial charge on any atom is 0.253 e. The second-order valence-corrected chi connectivity index (χ2v) is 16.8. The number of nitrogens with zero attached hydrogens (tertiary/aromatic N) is 3. The molecule has 16 heteroatoms. The number of carbonyl (C=O) groups is 2. The van der Waals surface area contributed by atoms with Gasteiger partial charge in [0.05, 0.1) is 22.3 Å². The monoisotopic (exact) mass is 731 g/mol. The highest BCUT2D eigenvalue weighted by atomic mass is 32.2. The van der Waals surface area contributed by atoms with E-state index in [-0.39, 0.29) is 41.1 Å². The van der Waals surface area contributed by atoms with Crippen LogP contribution in [0, 0.1) is 11.6 Å². The first-order valence-electron chi connectivity index (χ1n) is 16.4. The molecule has 0 aliphatic carbocycles. The Bertz CT molecular complexity index is 1610. The van der Waals surface area contributed by atoms with E-state index in [0.29, 0.717) is 44.8 Å². The van der Waals surface area contributed by atoms with Gasteiger partial charge in [-0.3, -0.25) is 9.59 Å². The van der Waals surface area contributed by atoms with Crippen molar-refractivity contribution in [3.8, 4) is 0 Å². The third-order valence-electron chi connectivity index (χ3n) is 7.69. The van der Waals surface area contributed by atoms with Gasteiger partial charge >= 0.3 is 0 Å². The zero-order chi connectivity index (χ0) is 37.1. The Balaban J connectivity index is 2.62. The molecule has 0 saturated heterocycles. The second kappa shape index (κ2) is 18.8. The quantitative estimate of drug-likeness (QED) is 0.175. The Morgan fingerprint density at radius 2 is 1.41 bits per heavy atom. The molecular weight excluding hydrogens is 681 g/mol. The largest absolute Gasteiger partial charge is 0.390 e. The standard InChI is InChI=1S/C33H51F2N5O7S2/c1-8-11-14-40(37-48(44,45)23(4)5)22-31(41)30(17-24-15-27(34)21-28(35)16-24)36-32(42)25-18-26(33(43)39(12-9-2)13-10-3)20-29(19-25)49(46,47)38(6)7/h15-16,18-21,23,30-31,37,41H,8-14,17,22H2,1-7H3,(H,36,42). The zero-order valence-corrected chi connectivity index (χ0v) is 31.0. The van der Waals surface area contributed by atoms with Crippen LogP contribution in [0.4, 0.5) is 8.78 Å². The van der Waals surface area contributed by atoms with E-state index in [1.54, 1.807) is 4.90 Å². The lowest BCUT2D eigenvalue weighted by molar-refractivity contribution is 0.0613. The lowest BCUT2D eigenvalue weighted by Gasteiger charge is -2.31. The SMILES string of the molecule is CCCCN(CC(O)C(Cc1cc(F)cc(F)c1)NC(=O)c1cc(C(=O)N(CCC)CCC)cc(S(=O)(=O)N(C)C)c1)NS(=O)(=O)C(C)C. The van der Waals surface area contributed by atoms with E-state index >= 15 is 0 Å². The number of amides is 2. The first-order chi connectivity index (χ1) is 22.9. The summed E-state index contributed by atoms with van der Waals surface area (Å²) < 4.78 is 81.1. The van der Waals surface area contributed by atoms with E-state index in [9.17, 15) is 40.3 Å². The molecule has 2 rings (SSSR count). The molecule has 2 unspecified atom stereocenters. The lowest BCUT2D eigenvalue weighted by atomic mass is 9.99. The van der Waals surface area contributed by atoms with Crippen molar-refractivity contribution < 1.29 is 40.3 Å². The number of rotatable bonds is 20. The smallest absolute Gasteiger partial charge is 0.253 e. The van der Waals surface area contributed by atoms with E-state index in [2.05, 4.69) is 10.1 Å². The number of hydrogen-bond donors (Lipinski definition) is 3. The minimum Gasteiger partial charge on any atom is -0.390 e. The van der Waals surface area contributed by atoms with Gasteiger partial charge < -0.3 is 15.3 Å². The number of aliphatic hydroxyl groups is 1. The summed E-state index contributed by atoms with van der Waals surface area (Å²) in [5.41, 5.74) is -0.141. The fraction of sp³-hybridized carbons (Fsp3) is 0.576. The normalized spacial score (nSPS) is 13.6. The van der Waals surface area contributed by atoms with Crippen LogP contribution in [0.3, 0.4) is 0 Å². The van der Waals surface area contributed by atoms with Crippen molar-refractivity contribution >= 4 is 31.9 Å². The van der Waals surface area contributed by atoms with Crippen LogP contribution in [0.25, 0.3) is 0 Å². The lowest BCUT2D eigenvalue weighted by Crippen LogP contribution is -2.54. The molecule has 12 nitrogen and oxygen atoms in total. The highest BCUT2D eigenvalue weighted by Crippen LogP contribution is 2.21. The molecule has 0 fully saturated rings. The number of sulfonamides is 2. The third-order valence-corrected chi connectivity index (χ3v) is 11.2. The van der Waals surface area contributed by atoms with Crippen LogP contribution in [0.1, 0.15) is 86.6 Å². The fourth-order valence-corrected chi connectivity index (χ4v) is 6.64. The van der Waals surface area contributed by atoms with Crippen molar-refractivity contribution in [2.75, 3.05) is 40.3 Å². The number of unbranched alkanes of at least 4 members (excludes halogenated alkanes) is 1. The average Bonchev–Trinajstić information content (AvgIpc) is 3.01. The van der Waals surface area contributed by atoms with Gasteiger partial charge in [0.1, 0.15) is 11.6 Å². The maximum absolute atomic E-state index is 14.2. The molecule has 2 aromatic rings. The van der Waals surface area contributed by atoms with Crippen molar-refractivity contribution in [1.82, 2.24) is 24.4 Å². The maximum atomic E-state index is 14.2. The molecule has 2 amide bonds. The number of hydrogen-bond acceptors (Lipinski definition) is 8. The molecule has 2 atom stereocenters. The summed E-state index contributed by atoms with van der Waals surface area (Å²) >= 11 is 0. The molecule has 0 aromatic heterocycles. The van der Waals surface area contributed by atoms with Gasteiger partial charge in [0.15, 0.2) is 0 Å². The average molecular weight is 732 g/mol. The Morgan fingerprint density at radius 1 is 0.837 bits per heavy atom.